The van der Waals surface area contributed by atoms with Gasteiger partial charge in [0.05, 0.1) is 22.6 Å². The summed E-state index contributed by atoms with van der Waals surface area (Å²) in [5.74, 6) is -4.05. The second-order valence-corrected chi connectivity index (χ2v) is 7.77. The number of amides is 1. The Kier molecular flexibility index (Phi) is 7.57. The van der Waals surface area contributed by atoms with Gasteiger partial charge in [-0.25, -0.2) is 21.9 Å². The highest BCUT2D eigenvalue weighted by Crippen LogP contribution is 2.15. The van der Waals surface area contributed by atoms with Gasteiger partial charge in [-0.3, -0.25) is 9.59 Å². The van der Waals surface area contributed by atoms with Crippen LogP contribution in [0.5, 0.6) is 0 Å². The summed E-state index contributed by atoms with van der Waals surface area (Å²) in [6.45, 7) is 0.930. The second kappa shape index (κ2) is 9.91. The average Bonchev–Trinajstić information content (AvgIpc) is 2.70. The van der Waals surface area contributed by atoms with Crippen molar-refractivity contribution in [2.24, 2.45) is 0 Å². The predicted octanol–water partition coefficient (Wildman–Crippen LogP) is 2.08. The predicted molar refractivity (Wildman–Crippen MR) is 102 cm³/mol. The van der Waals surface area contributed by atoms with Crippen LogP contribution in [0.15, 0.2) is 47.4 Å². The summed E-state index contributed by atoms with van der Waals surface area (Å²) in [4.78, 5) is 23.5. The number of rotatable bonds is 8. The van der Waals surface area contributed by atoms with Gasteiger partial charge in [-0.2, -0.15) is 5.26 Å². The zero-order chi connectivity index (χ0) is 22.3. The lowest BCUT2D eigenvalue weighted by molar-refractivity contribution is -0.152. The van der Waals surface area contributed by atoms with Gasteiger partial charge in [-0.1, -0.05) is 12.1 Å². The molecule has 0 aliphatic rings. The van der Waals surface area contributed by atoms with E-state index < -0.39 is 51.0 Å². The molecule has 0 unspecified atom stereocenters. The summed E-state index contributed by atoms with van der Waals surface area (Å²) in [5.41, 5.74) is 0.489. The Bertz CT molecular complexity index is 1100. The topological polar surface area (TPSA) is 125 Å². The van der Waals surface area contributed by atoms with Gasteiger partial charge in [0, 0.05) is 6.54 Å². The monoisotopic (exact) mass is 437 g/mol. The first kappa shape index (κ1) is 22.9. The number of ether oxygens (including phenoxy) is 1. The van der Waals surface area contributed by atoms with Crippen LogP contribution < -0.4 is 10.0 Å². The number of carbonyl (C=O) groups is 2. The van der Waals surface area contributed by atoms with Crippen molar-refractivity contribution in [1.29, 1.82) is 5.26 Å². The number of hydrogen-bond donors (Lipinski definition) is 2. The second-order valence-electron chi connectivity index (χ2n) is 6.00. The first-order valence-electron chi connectivity index (χ1n) is 8.58. The van der Waals surface area contributed by atoms with Gasteiger partial charge >= 0.3 is 5.97 Å². The third kappa shape index (κ3) is 6.07. The number of halogens is 2. The maximum atomic E-state index is 13.2. The maximum absolute atomic E-state index is 13.2. The molecule has 0 radical (unpaired) electrons. The van der Waals surface area contributed by atoms with Crippen molar-refractivity contribution in [2.75, 3.05) is 11.9 Å². The van der Waals surface area contributed by atoms with E-state index >= 15 is 0 Å². The molecule has 1 atom stereocenters. The normalized spacial score (nSPS) is 11.9. The highest BCUT2D eigenvalue weighted by Gasteiger charge is 2.20. The van der Waals surface area contributed by atoms with Gasteiger partial charge < -0.3 is 10.1 Å². The first-order chi connectivity index (χ1) is 14.1. The molecular weight excluding hydrogens is 420 g/mol. The number of nitrogens with one attached hydrogen (secondary N) is 2. The zero-order valence-electron chi connectivity index (χ0n) is 15.7. The van der Waals surface area contributed by atoms with Crippen molar-refractivity contribution in [1.82, 2.24) is 4.72 Å². The van der Waals surface area contributed by atoms with E-state index in [0.717, 1.165) is 6.07 Å². The van der Waals surface area contributed by atoms with Crippen molar-refractivity contribution in [2.45, 2.75) is 24.3 Å². The van der Waals surface area contributed by atoms with E-state index in [-0.39, 0.29) is 17.8 Å². The third-order valence-corrected chi connectivity index (χ3v) is 5.26. The molecule has 0 saturated heterocycles. The molecule has 0 aliphatic heterocycles. The molecule has 0 aromatic heterocycles. The minimum atomic E-state index is -4.16. The van der Waals surface area contributed by atoms with E-state index in [9.17, 15) is 26.8 Å². The van der Waals surface area contributed by atoms with Crippen LogP contribution in [-0.2, 0) is 24.3 Å². The van der Waals surface area contributed by atoms with Gasteiger partial charge in [-0.15, -0.1) is 0 Å². The largest absolute Gasteiger partial charge is 0.452 e. The summed E-state index contributed by atoms with van der Waals surface area (Å²) in [7, 11) is -4.16. The molecule has 0 spiro atoms. The van der Waals surface area contributed by atoms with Crippen LogP contribution in [0.1, 0.15) is 18.9 Å². The fourth-order valence-electron chi connectivity index (χ4n) is 2.25. The lowest BCUT2D eigenvalue weighted by Gasteiger charge is -2.14. The average molecular weight is 437 g/mol. The molecule has 2 aromatic rings. The number of carbonyl (C=O) groups excluding carboxylic acids is 2. The Morgan fingerprint density at radius 1 is 1.17 bits per heavy atom. The van der Waals surface area contributed by atoms with Crippen LogP contribution >= 0.6 is 0 Å². The SMILES string of the molecule is C[C@H](OC(=O)CCNS(=O)(=O)c1ccc(F)c(F)c1)C(=O)Nc1ccccc1C#N. The van der Waals surface area contributed by atoms with Crippen LogP contribution in [0.3, 0.4) is 0 Å². The number of nitriles is 1. The van der Waals surface area contributed by atoms with Crippen LogP contribution in [0, 0.1) is 23.0 Å². The van der Waals surface area contributed by atoms with E-state index in [1.165, 1.54) is 19.1 Å². The molecule has 30 heavy (non-hydrogen) atoms. The fraction of sp³-hybridized carbons (Fsp3) is 0.211. The standard InChI is InChI=1S/C19H17F2N3O5S/c1-12(19(26)24-17-5-3-2-4-13(17)11-22)29-18(25)8-9-23-30(27,28)14-6-7-15(20)16(21)10-14/h2-7,10,12,23H,8-9H2,1H3,(H,24,26)/t12-/m0/s1. The quantitative estimate of drug-likeness (QED) is 0.609. The molecule has 0 saturated carbocycles. The summed E-state index contributed by atoms with van der Waals surface area (Å²) in [6.07, 6.45) is -1.61. The van der Waals surface area contributed by atoms with Crippen molar-refractivity contribution >= 4 is 27.6 Å². The van der Waals surface area contributed by atoms with Crippen molar-refractivity contribution in [3.05, 3.63) is 59.7 Å². The Balaban J connectivity index is 1.85. The molecule has 1 amide bonds. The highest BCUT2D eigenvalue weighted by atomic mass is 32.2. The maximum Gasteiger partial charge on any atom is 0.307 e. The van der Waals surface area contributed by atoms with Crippen LogP contribution in [0.2, 0.25) is 0 Å². The number of sulfonamides is 1. The summed E-state index contributed by atoms with van der Waals surface area (Å²) >= 11 is 0. The van der Waals surface area contributed by atoms with Gasteiger partial charge in [0.1, 0.15) is 6.07 Å². The van der Waals surface area contributed by atoms with Gasteiger partial charge in [0.2, 0.25) is 10.0 Å². The Labute approximate surface area is 171 Å². The number of anilines is 1. The van der Waals surface area contributed by atoms with E-state index in [0.29, 0.717) is 12.1 Å². The molecule has 2 aromatic carbocycles. The van der Waals surface area contributed by atoms with E-state index in [1.54, 1.807) is 12.1 Å². The van der Waals surface area contributed by atoms with Crippen molar-refractivity contribution in [3.8, 4) is 6.07 Å². The number of para-hydroxylation sites is 1. The number of benzene rings is 2. The number of nitrogens with zero attached hydrogens (tertiary/aromatic N) is 1. The summed E-state index contributed by atoms with van der Waals surface area (Å²) in [5, 5.41) is 11.5. The molecule has 11 heteroatoms. The van der Waals surface area contributed by atoms with Crippen LogP contribution in [0.4, 0.5) is 14.5 Å². The minimum Gasteiger partial charge on any atom is -0.452 e. The van der Waals surface area contributed by atoms with Crippen molar-refractivity contribution in [3.63, 3.8) is 0 Å². The first-order valence-corrected chi connectivity index (χ1v) is 10.1. The highest BCUT2D eigenvalue weighted by molar-refractivity contribution is 7.89. The van der Waals surface area contributed by atoms with Crippen LogP contribution in [-0.4, -0.2) is 32.9 Å². The number of hydrogen-bond acceptors (Lipinski definition) is 6. The van der Waals surface area contributed by atoms with Crippen LogP contribution in [0.25, 0.3) is 0 Å². The third-order valence-electron chi connectivity index (χ3n) is 3.81. The minimum absolute atomic E-state index is 0.232. The molecule has 0 heterocycles. The van der Waals surface area contributed by atoms with Crippen molar-refractivity contribution < 1.29 is 31.5 Å². The fourth-order valence-corrected chi connectivity index (χ4v) is 3.29. The van der Waals surface area contributed by atoms with E-state index in [4.69, 9.17) is 10.00 Å². The van der Waals surface area contributed by atoms with E-state index in [1.807, 2.05) is 6.07 Å². The van der Waals surface area contributed by atoms with Gasteiger partial charge in [0.15, 0.2) is 17.7 Å². The molecule has 0 aliphatic carbocycles. The Hall–Kier alpha value is -3.36. The molecule has 8 nitrogen and oxygen atoms in total. The number of esters is 1. The Morgan fingerprint density at radius 3 is 2.53 bits per heavy atom. The summed E-state index contributed by atoms with van der Waals surface area (Å²) in [6, 6.07) is 10.2. The van der Waals surface area contributed by atoms with Gasteiger partial charge in [0.25, 0.3) is 5.91 Å². The van der Waals surface area contributed by atoms with E-state index in [2.05, 4.69) is 10.0 Å². The molecule has 2 N–H and O–H groups in total. The lowest BCUT2D eigenvalue weighted by atomic mass is 10.2. The summed E-state index contributed by atoms with van der Waals surface area (Å²) < 4.78 is 57.1. The smallest absolute Gasteiger partial charge is 0.307 e. The molecule has 0 bridgehead atoms. The van der Waals surface area contributed by atoms with Gasteiger partial charge in [-0.05, 0) is 37.3 Å². The molecular formula is C19H17F2N3O5S. The zero-order valence-corrected chi connectivity index (χ0v) is 16.5. The molecule has 158 valence electrons. The molecule has 2 rings (SSSR count). The lowest BCUT2D eigenvalue weighted by Crippen LogP contribution is -2.32. The molecule has 0 fully saturated rings. The Morgan fingerprint density at radius 2 is 1.87 bits per heavy atom.